The quantitative estimate of drug-likeness (QED) is 0.269. The molecule has 0 heterocycles. The summed E-state index contributed by atoms with van der Waals surface area (Å²) < 4.78 is 0. The first kappa shape index (κ1) is 26.0. The van der Waals surface area contributed by atoms with E-state index in [9.17, 15) is 0 Å². The fourth-order valence-electron chi connectivity index (χ4n) is 4.72. The van der Waals surface area contributed by atoms with Crippen molar-refractivity contribution in [2.75, 3.05) is 0 Å². The van der Waals surface area contributed by atoms with Gasteiger partial charge < -0.3 is 48.0 Å². The summed E-state index contributed by atoms with van der Waals surface area (Å²) in [4.78, 5) is 0. The van der Waals surface area contributed by atoms with Crippen LogP contribution in [0.3, 0.4) is 0 Å². The molecule has 2 unspecified atom stereocenters. The minimum absolute atomic E-state index is 0. The number of allylic oxidation sites excluding steroid dienone is 8. The Balaban J connectivity index is 0.000000411. The van der Waals surface area contributed by atoms with Gasteiger partial charge in [0.1, 0.15) is 0 Å². The topological polar surface area (TPSA) is 0 Å². The molecular formula is C22H30I2Zr. The fraction of sp³-hybridized carbons (Fsp3) is 0.545. The van der Waals surface area contributed by atoms with Gasteiger partial charge in [0.25, 0.3) is 0 Å². The molecule has 0 saturated heterocycles. The van der Waals surface area contributed by atoms with E-state index in [1.165, 1.54) is 49.7 Å². The van der Waals surface area contributed by atoms with Crippen LogP contribution >= 0.6 is 0 Å². The summed E-state index contributed by atoms with van der Waals surface area (Å²) >= 11 is 0. The maximum atomic E-state index is 2.42. The van der Waals surface area contributed by atoms with Gasteiger partial charge in [-0.25, -0.2) is 24.0 Å². The van der Waals surface area contributed by atoms with E-state index >= 15 is 0 Å². The molecule has 25 heavy (non-hydrogen) atoms. The molecule has 4 rings (SSSR count). The van der Waals surface area contributed by atoms with Crippen LogP contribution in [0.5, 0.6) is 0 Å². The summed E-state index contributed by atoms with van der Waals surface area (Å²) in [5.74, 6) is 1.75. The molecule has 0 N–H and O–H groups in total. The van der Waals surface area contributed by atoms with Gasteiger partial charge in [-0.15, -0.1) is 38.8 Å². The van der Waals surface area contributed by atoms with Crippen molar-refractivity contribution in [3.8, 4) is 0 Å². The Morgan fingerprint density at radius 1 is 0.720 bits per heavy atom. The average Bonchev–Trinajstić information content (AvgIpc) is 3.07. The molecule has 0 bridgehead atoms. The van der Waals surface area contributed by atoms with Crippen LogP contribution in [-0.4, -0.2) is 0 Å². The Labute approximate surface area is 208 Å². The molecule has 0 aliphatic heterocycles. The van der Waals surface area contributed by atoms with Crippen molar-refractivity contribution in [2.45, 2.75) is 66.2 Å². The van der Waals surface area contributed by atoms with Crippen LogP contribution in [0.2, 0.25) is 0 Å². The number of rotatable bonds is 0. The monoisotopic (exact) mass is 638 g/mol. The number of hydrogen-bond acceptors (Lipinski definition) is 0. The van der Waals surface area contributed by atoms with Crippen LogP contribution < -0.4 is 48.0 Å². The Kier molecular flexibility index (Phi) is 12.3. The van der Waals surface area contributed by atoms with Crippen LogP contribution in [0.4, 0.5) is 0 Å². The van der Waals surface area contributed by atoms with E-state index in [0.717, 1.165) is 11.8 Å². The van der Waals surface area contributed by atoms with Crippen LogP contribution in [-0.2, 0) is 26.2 Å². The second-order valence-corrected chi connectivity index (χ2v) is 7.62. The number of halogens is 2. The Bertz CT molecular complexity index is 529. The molecule has 0 spiro atoms. The van der Waals surface area contributed by atoms with Gasteiger partial charge in [0.15, 0.2) is 0 Å². The van der Waals surface area contributed by atoms with Crippen LogP contribution in [0.15, 0.2) is 45.6 Å². The molecule has 0 amide bonds. The standard InChI is InChI=1S/2C11H15.2HI.Zr/c2*1-8-6-9(2)11-5-3-4-10(11)7-8;;;/h2*5-6,10H,3-4,7H2,1-2H3;2*1H;/q2*-1;;;+4/p-2. The smallest absolute Gasteiger partial charge is 1.00 e. The van der Waals surface area contributed by atoms with Gasteiger partial charge in [-0.2, -0.15) is 11.1 Å². The van der Waals surface area contributed by atoms with Crippen molar-refractivity contribution < 1.29 is 74.2 Å². The fourth-order valence-corrected chi connectivity index (χ4v) is 4.72. The molecule has 0 radical (unpaired) electrons. The Hall–Kier alpha value is 1.04. The third-order valence-corrected chi connectivity index (χ3v) is 5.61. The van der Waals surface area contributed by atoms with Crippen molar-refractivity contribution in [3.63, 3.8) is 0 Å². The van der Waals surface area contributed by atoms with Gasteiger partial charge in [-0.1, -0.05) is 24.0 Å². The van der Waals surface area contributed by atoms with Crippen LogP contribution in [0.25, 0.3) is 0 Å². The molecular weight excluding hydrogens is 609 g/mol. The zero-order valence-corrected chi connectivity index (χ0v) is 22.7. The molecule has 2 atom stereocenters. The first-order chi connectivity index (χ1) is 10.5. The van der Waals surface area contributed by atoms with E-state index in [1.54, 1.807) is 22.3 Å². The summed E-state index contributed by atoms with van der Waals surface area (Å²) in [7, 11) is 0. The van der Waals surface area contributed by atoms with Crippen molar-refractivity contribution in [1.29, 1.82) is 0 Å². The molecule has 0 aromatic rings. The van der Waals surface area contributed by atoms with Gasteiger partial charge in [0.2, 0.25) is 0 Å². The van der Waals surface area contributed by atoms with Gasteiger partial charge in [-0.3, -0.25) is 0 Å². The molecule has 4 aliphatic rings. The minimum atomic E-state index is 0. The van der Waals surface area contributed by atoms with E-state index in [-0.39, 0.29) is 74.2 Å². The van der Waals surface area contributed by atoms with E-state index in [4.69, 9.17) is 0 Å². The molecule has 4 aliphatic carbocycles. The predicted molar refractivity (Wildman–Crippen MR) is 96.2 cm³/mol. The first-order valence-corrected chi connectivity index (χ1v) is 8.97. The van der Waals surface area contributed by atoms with E-state index < -0.39 is 0 Å². The van der Waals surface area contributed by atoms with Crippen molar-refractivity contribution >= 4 is 0 Å². The number of hydrogen-bond donors (Lipinski definition) is 0. The molecule has 136 valence electrons. The summed E-state index contributed by atoms with van der Waals surface area (Å²) in [6.07, 6.45) is 17.5. The largest absolute Gasteiger partial charge is 4.00 e. The Morgan fingerprint density at radius 3 is 1.44 bits per heavy atom. The van der Waals surface area contributed by atoms with Gasteiger partial charge in [0.05, 0.1) is 0 Å². The molecule has 3 heteroatoms. The van der Waals surface area contributed by atoms with Gasteiger partial charge in [-0.05, 0) is 38.5 Å². The molecule has 0 aromatic heterocycles. The molecule has 0 aromatic carbocycles. The summed E-state index contributed by atoms with van der Waals surface area (Å²) in [6.45, 7) is 8.98. The molecule has 2 saturated carbocycles. The summed E-state index contributed by atoms with van der Waals surface area (Å²) in [5.41, 5.74) is 9.41. The maximum absolute atomic E-state index is 2.42. The maximum Gasteiger partial charge on any atom is 4.00 e. The summed E-state index contributed by atoms with van der Waals surface area (Å²) in [6, 6.07) is 0. The zero-order valence-electron chi connectivity index (χ0n) is 16.0. The molecule has 0 nitrogen and oxygen atoms in total. The summed E-state index contributed by atoms with van der Waals surface area (Å²) in [5, 5.41) is 0. The first-order valence-electron chi connectivity index (χ1n) is 8.97. The zero-order chi connectivity index (χ0) is 15.7. The van der Waals surface area contributed by atoms with Crippen molar-refractivity contribution in [1.82, 2.24) is 0 Å². The van der Waals surface area contributed by atoms with Crippen molar-refractivity contribution in [3.05, 3.63) is 58.4 Å². The molecule has 2 fully saturated rings. The number of fused-ring (bicyclic) bond motifs is 2. The third-order valence-electron chi connectivity index (χ3n) is 5.61. The van der Waals surface area contributed by atoms with Crippen molar-refractivity contribution in [2.24, 2.45) is 11.8 Å². The second kappa shape index (κ2) is 11.8. The average molecular weight is 640 g/mol. The van der Waals surface area contributed by atoms with E-state index in [0.29, 0.717) is 0 Å². The van der Waals surface area contributed by atoms with E-state index in [1.807, 2.05) is 0 Å². The van der Waals surface area contributed by atoms with E-state index in [2.05, 4.69) is 52.7 Å². The SMILES string of the molecule is CC1=CC(C)=C2[CH-]CCC2C1.CC1=CC(C)=C2[CH-]CCC2C1.[I-].[I-].[Zr+4]. The van der Waals surface area contributed by atoms with Gasteiger partial charge in [0, 0.05) is 0 Å². The predicted octanol–water partition coefficient (Wildman–Crippen LogP) is 0.540. The van der Waals surface area contributed by atoms with Crippen LogP contribution in [0.1, 0.15) is 66.2 Å². The minimum Gasteiger partial charge on any atom is -1.00 e. The van der Waals surface area contributed by atoms with Gasteiger partial charge >= 0.3 is 26.2 Å². The van der Waals surface area contributed by atoms with Crippen LogP contribution in [0, 0.1) is 24.7 Å². The second-order valence-electron chi connectivity index (χ2n) is 7.62. The Morgan fingerprint density at radius 2 is 1.08 bits per heavy atom. The third kappa shape index (κ3) is 6.55. The normalized spacial score (nSPS) is 26.1.